The molecule has 4 nitrogen and oxygen atoms in total. The van der Waals surface area contributed by atoms with Crippen LogP contribution in [0.1, 0.15) is 31.9 Å². The van der Waals surface area contributed by atoms with E-state index in [1.807, 2.05) is 6.07 Å². The number of hydrogen-bond donors (Lipinski definition) is 1. The first-order valence-electron chi connectivity index (χ1n) is 8.01. The van der Waals surface area contributed by atoms with Crippen molar-refractivity contribution in [2.45, 2.75) is 38.8 Å². The molecule has 1 N–H and O–H groups in total. The molecular weight excluding hydrogens is 248 g/mol. The predicted molar refractivity (Wildman–Crippen MR) is 82.9 cm³/mol. The van der Waals surface area contributed by atoms with Gasteiger partial charge in [-0.2, -0.15) is 0 Å². The molecule has 0 aromatic carbocycles. The zero-order valence-electron chi connectivity index (χ0n) is 12.5. The molecule has 1 unspecified atom stereocenters. The Labute approximate surface area is 122 Å². The number of aromatic nitrogens is 1. The van der Waals surface area contributed by atoms with E-state index in [-0.39, 0.29) is 0 Å². The molecule has 1 aromatic heterocycles. The first-order chi connectivity index (χ1) is 9.85. The highest BCUT2D eigenvalue weighted by atomic mass is 15.3. The summed E-state index contributed by atoms with van der Waals surface area (Å²) >= 11 is 0. The van der Waals surface area contributed by atoms with Crippen LogP contribution in [0.2, 0.25) is 0 Å². The standard InChI is InChI=1S/C16H26N4/c1-2-17-16-8-3-6-14(18-16)12-19-9-5-11-20-10-4-7-15(20)13-19/h3,6,8,15H,2,4-5,7,9-13H2,1H3,(H,17,18). The van der Waals surface area contributed by atoms with E-state index < -0.39 is 0 Å². The second-order valence-electron chi connectivity index (χ2n) is 5.97. The fourth-order valence-corrected chi connectivity index (χ4v) is 3.50. The molecule has 0 spiro atoms. The van der Waals surface area contributed by atoms with Crippen molar-refractivity contribution in [2.75, 3.05) is 38.0 Å². The molecule has 0 radical (unpaired) electrons. The average molecular weight is 274 g/mol. The summed E-state index contributed by atoms with van der Waals surface area (Å²) in [5.41, 5.74) is 1.19. The largest absolute Gasteiger partial charge is 0.370 e. The molecule has 1 atom stereocenters. The summed E-state index contributed by atoms with van der Waals surface area (Å²) in [6, 6.07) is 7.10. The fourth-order valence-electron chi connectivity index (χ4n) is 3.50. The van der Waals surface area contributed by atoms with Crippen LogP contribution in [-0.4, -0.2) is 53.5 Å². The lowest BCUT2D eigenvalue weighted by Crippen LogP contribution is -2.36. The normalized spacial score (nSPS) is 24.4. The van der Waals surface area contributed by atoms with Crippen LogP contribution in [-0.2, 0) is 6.54 Å². The van der Waals surface area contributed by atoms with Crippen LogP contribution < -0.4 is 5.32 Å². The average Bonchev–Trinajstić information content (AvgIpc) is 2.79. The van der Waals surface area contributed by atoms with E-state index in [0.29, 0.717) is 0 Å². The topological polar surface area (TPSA) is 31.4 Å². The van der Waals surface area contributed by atoms with Gasteiger partial charge < -0.3 is 5.32 Å². The monoisotopic (exact) mass is 274 g/mol. The highest BCUT2D eigenvalue weighted by Crippen LogP contribution is 2.22. The van der Waals surface area contributed by atoms with E-state index in [9.17, 15) is 0 Å². The van der Waals surface area contributed by atoms with Crippen LogP contribution in [0, 0.1) is 0 Å². The third kappa shape index (κ3) is 3.30. The van der Waals surface area contributed by atoms with Gasteiger partial charge in [-0.1, -0.05) is 6.07 Å². The van der Waals surface area contributed by atoms with Crippen molar-refractivity contribution in [3.63, 3.8) is 0 Å². The number of nitrogens with zero attached hydrogens (tertiary/aromatic N) is 3. The molecule has 4 heteroatoms. The summed E-state index contributed by atoms with van der Waals surface area (Å²) in [7, 11) is 0. The summed E-state index contributed by atoms with van der Waals surface area (Å²) in [6.07, 6.45) is 4.05. The molecule has 110 valence electrons. The quantitative estimate of drug-likeness (QED) is 0.912. The van der Waals surface area contributed by atoms with Crippen LogP contribution in [0.4, 0.5) is 5.82 Å². The van der Waals surface area contributed by atoms with Crippen LogP contribution in [0.3, 0.4) is 0 Å². The molecule has 0 bridgehead atoms. The Morgan fingerprint density at radius 1 is 1.25 bits per heavy atom. The minimum Gasteiger partial charge on any atom is -0.370 e. The van der Waals surface area contributed by atoms with Crippen molar-refractivity contribution < 1.29 is 0 Å². The third-order valence-electron chi connectivity index (χ3n) is 4.44. The first kappa shape index (κ1) is 13.8. The zero-order valence-corrected chi connectivity index (χ0v) is 12.5. The van der Waals surface area contributed by atoms with Gasteiger partial charge in [0.15, 0.2) is 0 Å². The van der Waals surface area contributed by atoms with Crippen LogP contribution in [0.15, 0.2) is 18.2 Å². The maximum absolute atomic E-state index is 4.71. The van der Waals surface area contributed by atoms with Gasteiger partial charge in [0, 0.05) is 25.7 Å². The van der Waals surface area contributed by atoms with E-state index in [4.69, 9.17) is 4.98 Å². The van der Waals surface area contributed by atoms with Crippen molar-refractivity contribution in [2.24, 2.45) is 0 Å². The van der Waals surface area contributed by atoms with Gasteiger partial charge in [0.05, 0.1) is 5.69 Å². The fraction of sp³-hybridized carbons (Fsp3) is 0.688. The second-order valence-corrected chi connectivity index (χ2v) is 5.97. The lowest BCUT2D eigenvalue weighted by molar-refractivity contribution is 0.214. The molecule has 0 amide bonds. The summed E-state index contributed by atoms with van der Waals surface area (Å²) in [6.45, 7) is 9.05. The summed E-state index contributed by atoms with van der Waals surface area (Å²) in [5, 5.41) is 3.30. The van der Waals surface area contributed by atoms with Gasteiger partial charge in [0.25, 0.3) is 0 Å². The number of pyridine rings is 1. The number of fused-ring (bicyclic) bond motifs is 1. The van der Waals surface area contributed by atoms with E-state index in [1.54, 1.807) is 0 Å². The molecule has 2 aliphatic heterocycles. The Morgan fingerprint density at radius 3 is 3.05 bits per heavy atom. The SMILES string of the molecule is CCNc1cccc(CN2CCCN3CCCC3C2)n1. The van der Waals surface area contributed by atoms with Crippen molar-refractivity contribution in [3.8, 4) is 0 Å². The highest BCUT2D eigenvalue weighted by Gasteiger charge is 2.28. The van der Waals surface area contributed by atoms with Crippen molar-refractivity contribution >= 4 is 5.82 Å². The van der Waals surface area contributed by atoms with Gasteiger partial charge in [-0.15, -0.1) is 0 Å². The number of nitrogens with one attached hydrogen (secondary N) is 1. The molecule has 3 heterocycles. The van der Waals surface area contributed by atoms with Gasteiger partial charge in [-0.25, -0.2) is 4.98 Å². The van der Waals surface area contributed by atoms with E-state index in [1.165, 1.54) is 51.1 Å². The third-order valence-corrected chi connectivity index (χ3v) is 4.44. The molecule has 2 saturated heterocycles. The van der Waals surface area contributed by atoms with E-state index >= 15 is 0 Å². The van der Waals surface area contributed by atoms with Crippen molar-refractivity contribution in [1.29, 1.82) is 0 Å². The summed E-state index contributed by atoms with van der Waals surface area (Å²) in [5.74, 6) is 1.00. The van der Waals surface area contributed by atoms with E-state index in [2.05, 4.69) is 34.2 Å². The first-order valence-corrected chi connectivity index (χ1v) is 8.01. The molecule has 2 aliphatic rings. The van der Waals surface area contributed by atoms with Crippen molar-refractivity contribution in [1.82, 2.24) is 14.8 Å². The lowest BCUT2D eigenvalue weighted by Gasteiger charge is -2.25. The van der Waals surface area contributed by atoms with Gasteiger partial charge in [-0.05, 0) is 58.0 Å². The number of hydrogen-bond acceptors (Lipinski definition) is 4. The zero-order chi connectivity index (χ0) is 13.8. The Bertz CT molecular complexity index is 434. The Kier molecular flexibility index (Phi) is 4.53. The molecule has 2 fully saturated rings. The molecule has 0 saturated carbocycles. The van der Waals surface area contributed by atoms with Crippen LogP contribution in [0.25, 0.3) is 0 Å². The maximum atomic E-state index is 4.71. The van der Waals surface area contributed by atoms with Gasteiger partial charge in [0.1, 0.15) is 5.82 Å². The molecule has 3 rings (SSSR count). The molecule has 1 aromatic rings. The Hall–Kier alpha value is -1.13. The number of rotatable bonds is 4. The van der Waals surface area contributed by atoms with Gasteiger partial charge >= 0.3 is 0 Å². The summed E-state index contributed by atoms with van der Waals surface area (Å²) < 4.78 is 0. The minimum absolute atomic E-state index is 0.787. The predicted octanol–water partition coefficient (Wildman–Crippen LogP) is 2.18. The van der Waals surface area contributed by atoms with Gasteiger partial charge in [0.2, 0.25) is 0 Å². The molecular formula is C16H26N4. The Morgan fingerprint density at radius 2 is 2.15 bits per heavy atom. The van der Waals surface area contributed by atoms with Crippen LogP contribution >= 0.6 is 0 Å². The maximum Gasteiger partial charge on any atom is 0.126 e. The smallest absolute Gasteiger partial charge is 0.126 e. The summed E-state index contributed by atoms with van der Waals surface area (Å²) in [4.78, 5) is 9.98. The highest BCUT2D eigenvalue weighted by molar-refractivity contribution is 5.34. The number of anilines is 1. The van der Waals surface area contributed by atoms with E-state index in [0.717, 1.165) is 24.9 Å². The molecule has 0 aliphatic carbocycles. The second kappa shape index (κ2) is 6.55. The van der Waals surface area contributed by atoms with Crippen molar-refractivity contribution in [3.05, 3.63) is 23.9 Å². The van der Waals surface area contributed by atoms with Crippen LogP contribution in [0.5, 0.6) is 0 Å². The minimum atomic E-state index is 0.787. The van der Waals surface area contributed by atoms with Gasteiger partial charge in [-0.3, -0.25) is 9.80 Å². The molecule has 20 heavy (non-hydrogen) atoms. The Balaban J connectivity index is 1.63. The lowest BCUT2D eigenvalue weighted by atomic mass is 10.2.